The smallest absolute Gasteiger partial charge is 0.343 e. The minimum Gasteiger partial charge on any atom is -0.493 e. The van der Waals surface area contributed by atoms with E-state index < -0.39 is 5.97 Å². The molecular weight excluding hydrogens is 384 g/mol. The summed E-state index contributed by atoms with van der Waals surface area (Å²) in [6.45, 7) is 2.36. The second-order valence-corrected chi connectivity index (χ2v) is 7.11. The van der Waals surface area contributed by atoms with Crippen LogP contribution in [0.5, 0.6) is 11.5 Å². The van der Waals surface area contributed by atoms with Gasteiger partial charge in [0.15, 0.2) is 18.1 Å². The van der Waals surface area contributed by atoms with E-state index in [2.05, 4.69) is 27.1 Å². The number of hydrogen-bond acceptors (Lipinski definition) is 6. The maximum atomic E-state index is 12.8. The van der Waals surface area contributed by atoms with Gasteiger partial charge in [0.1, 0.15) is 0 Å². The third-order valence-electron chi connectivity index (χ3n) is 5.22. The minimum absolute atomic E-state index is 0.141. The molecule has 7 nitrogen and oxygen atoms in total. The van der Waals surface area contributed by atoms with Crippen molar-refractivity contribution in [3.63, 3.8) is 0 Å². The number of nitrogens with one attached hydrogen (secondary N) is 1. The largest absolute Gasteiger partial charge is 0.493 e. The van der Waals surface area contributed by atoms with E-state index >= 15 is 0 Å². The number of nitrogens with zero attached hydrogens (tertiary/aromatic N) is 1. The van der Waals surface area contributed by atoms with Gasteiger partial charge in [-0.15, -0.1) is 0 Å². The van der Waals surface area contributed by atoms with Crippen LogP contribution in [0.3, 0.4) is 0 Å². The van der Waals surface area contributed by atoms with Gasteiger partial charge in [-0.2, -0.15) is 0 Å². The first-order chi connectivity index (χ1) is 14.6. The molecule has 3 rings (SSSR count). The first kappa shape index (κ1) is 21.6. The molecule has 1 unspecified atom stereocenters. The summed E-state index contributed by atoms with van der Waals surface area (Å²) in [7, 11) is 2.78. The van der Waals surface area contributed by atoms with Crippen molar-refractivity contribution in [3.05, 3.63) is 59.7 Å². The number of rotatable bonds is 9. The molecule has 1 amide bonds. The third-order valence-corrected chi connectivity index (χ3v) is 5.22. The number of benzene rings is 2. The van der Waals surface area contributed by atoms with E-state index in [0.29, 0.717) is 23.6 Å². The van der Waals surface area contributed by atoms with Crippen molar-refractivity contribution in [2.45, 2.75) is 18.9 Å². The summed E-state index contributed by atoms with van der Waals surface area (Å²) in [6, 6.07) is 15.3. The van der Waals surface area contributed by atoms with Gasteiger partial charge in [-0.05, 0) is 49.7 Å². The molecule has 0 aromatic heterocycles. The average molecular weight is 412 g/mol. The predicted octanol–water partition coefficient (Wildman–Crippen LogP) is 2.81. The van der Waals surface area contributed by atoms with Crippen LogP contribution in [-0.2, 0) is 9.53 Å². The third kappa shape index (κ3) is 5.51. The Hall–Kier alpha value is -3.06. The van der Waals surface area contributed by atoms with Crippen molar-refractivity contribution in [1.82, 2.24) is 10.2 Å². The summed E-state index contributed by atoms with van der Waals surface area (Å²) in [4.78, 5) is 26.5. The molecule has 1 atom stereocenters. The molecule has 30 heavy (non-hydrogen) atoms. The number of esters is 1. The molecule has 1 N–H and O–H groups in total. The van der Waals surface area contributed by atoms with Gasteiger partial charge < -0.3 is 19.5 Å². The summed E-state index contributed by atoms with van der Waals surface area (Å²) < 4.78 is 15.3. The molecule has 2 aromatic rings. The van der Waals surface area contributed by atoms with Crippen LogP contribution in [0.2, 0.25) is 0 Å². The first-order valence-electron chi connectivity index (χ1n) is 10.1. The van der Waals surface area contributed by atoms with Crippen molar-refractivity contribution in [2.24, 2.45) is 0 Å². The van der Waals surface area contributed by atoms with Crippen LogP contribution in [-0.4, -0.2) is 57.2 Å². The lowest BCUT2D eigenvalue weighted by Gasteiger charge is -2.28. The highest BCUT2D eigenvalue weighted by Gasteiger charge is 2.24. The Balaban J connectivity index is 1.67. The maximum Gasteiger partial charge on any atom is 0.343 e. The molecule has 0 spiro atoms. The summed E-state index contributed by atoms with van der Waals surface area (Å²) in [5.74, 6) is 0.0741. The van der Waals surface area contributed by atoms with Gasteiger partial charge >= 0.3 is 5.97 Å². The Labute approximate surface area is 176 Å². The standard InChI is InChI=1S/C23H28N2O5/c1-28-21-14-18(10-11-20(21)30-16-22(26)29-2)23(27)24-15-19(25-12-6-7-13-25)17-8-4-3-5-9-17/h3-5,8-11,14,19H,6-7,12-13,15-16H2,1-2H3,(H,24,27). The molecule has 0 radical (unpaired) electrons. The minimum atomic E-state index is -0.493. The second-order valence-electron chi connectivity index (χ2n) is 7.11. The Morgan fingerprint density at radius 1 is 1.03 bits per heavy atom. The molecular formula is C23H28N2O5. The normalized spacial score (nSPS) is 14.7. The molecule has 160 valence electrons. The fourth-order valence-corrected chi connectivity index (χ4v) is 3.60. The number of ether oxygens (including phenoxy) is 3. The second kappa shape index (κ2) is 10.6. The number of carbonyl (C=O) groups excluding carboxylic acids is 2. The molecule has 0 bridgehead atoms. The van der Waals surface area contributed by atoms with Crippen molar-refractivity contribution in [3.8, 4) is 11.5 Å². The quantitative estimate of drug-likeness (QED) is 0.639. The van der Waals surface area contributed by atoms with E-state index in [9.17, 15) is 9.59 Å². The molecule has 7 heteroatoms. The Morgan fingerprint density at radius 2 is 1.77 bits per heavy atom. The van der Waals surface area contributed by atoms with Crippen LogP contribution >= 0.6 is 0 Å². The number of amides is 1. The van der Waals surface area contributed by atoms with E-state index in [4.69, 9.17) is 9.47 Å². The van der Waals surface area contributed by atoms with E-state index in [0.717, 1.165) is 13.1 Å². The predicted molar refractivity (Wildman–Crippen MR) is 113 cm³/mol. The molecule has 1 fully saturated rings. The maximum absolute atomic E-state index is 12.8. The van der Waals surface area contributed by atoms with Crippen LogP contribution < -0.4 is 14.8 Å². The molecule has 1 aliphatic heterocycles. The Morgan fingerprint density at radius 3 is 2.43 bits per heavy atom. The van der Waals surface area contributed by atoms with E-state index in [1.165, 1.54) is 32.6 Å². The SMILES string of the molecule is COC(=O)COc1ccc(C(=O)NCC(c2ccccc2)N2CCCC2)cc1OC. The zero-order chi connectivity index (χ0) is 21.3. The highest BCUT2D eigenvalue weighted by Crippen LogP contribution is 2.28. The molecule has 2 aromatic carbocycles. The van der Waals surface area contributed by atoms with Crippen molar-refractivity contribution < 1.29 is 23.8 Å². The van der Waals surface area contributed by atoms with Crippen molar-refractivity contribution >= 4 is 11.9 Å². The monoisotopic (exact) mass is 412 g/mol. The van der Waals surface area contributed by atoms with Crippen LogP contribution in [0, 0.1) is 0 Å². The van der Waals surface area contributed by atoms with Gasteiger partial charge in [-0.1, -0.05) is 30.3 Å². The summed E-state index contributed by atoms with van der Waals surface area (Å²) in [5.41, 5.74) is 1.66. The summed E-state index contributed by atoms with van der Waals surface area (Å²) in [5, 5.41) is 3.05. The van der Waals surface area contributed by atoms with E-state index in [1.54, 1.807) is 18.2 Å². The van der Waals surface area contributed by atoms with E-state index in [1.807, 2.05) is 18.2 Å². The number of methoxy groups -OCH3 is 2. The van der Waals surface area contributed by atoms with E-state index in [-0.39, 0.29) is 18.6 Å². The Kier molecular flexibility index (Phi) is 7.68. The highest BCUT2D eigenvalue weighted by molar-refractivity contribution is 5.95. The van der Waals surface area contributed by atoms with Gasteiger partial charge in [0, 0.05) is 12.1 Å². The number of likely N-dealkylation sites (tertiary alicyclic amines) is 1. The molecule has 1 saturated heterocycles. The Bertz CT molecular complexity index is 850. The zero-order valence-corrected chi connectivity index (χ0v) is 17.4. The fraction of sp³-hybridized carbons (Fsp3) is 0.391. The average Bonchev–Trinajstić information content (AvgIpc) is 3.32. The van der Waals surface area contributed by atoms with Crippen LogP contribution in [0.1, 0.15) is 34.8 Å². The van der Waals surface area contributed by atoms with Gasteiger partial charge in [0.05, 0.1) is 20.3 Å². The van der Waals surface area contributed by atoms with Crippen molar-refractivity contribution in [2.75, 3.05) is 40.5 Å². The van der Waals surface area contributed by atoms with Crippen LogP contribution in [0.25, 0.3) is 0 Å². The van der Waals surface area contributed by atoms with Crippen LogP contribution in [0.15, 0.2) is 48.5 Å². The van der Waals surface area contributed by atoms with Gasteiger partial charge in [0.25, 0.3) is 5.91 Å². The lowest BCUT2D eigenvalue weighted by atomic mass is 10.1. The topological polar surface area (TPSA) is 77.1 Å². The van der Waals surface area contributed by atoms with Gasteiger partial charge in [-0.3, -0.25) is 9.69 Å². The number of hydrogen-bond donors (Lipinski definition) is 1. The highest BCUT2D eigenvalue weighted by atomic mass is 16.6. The summed E-state index contributed by atoms with van der Waals surface area (Å²) >= 11 is 0. The lowest BCUT2D eigenvalue weighted by molar-refractivity contribution is -0.142. The molecule has 1 aliphatic rings. The lowest BCUT2D eigenvalue weighted by Crippen LogP contribution is -2.36. The molecule has 0 saturated carbocycles. The number of carbonyl (C=O) groups is 2. The molecule has 1 heterocycles. The van der Waals surface area contributed by atoms with Crippen molar-refractivity contribution in [1.29, 1.82) is 0 Å². The van der Waals surface area contributed by atoms with Gasteiger partial charge in [-0.25, -0.2) is 4.79 Å². The summed E-state index contributed by atoms with van der Waals surface area (Å²) in [6.07, 6.45) is 2.36. The van der Waals surface area contributed by atoms with Crippen LogP contribution in [0.4, 0.5) is 0 Å². The first-order valence-corrected chi connectivity index (χ1v) is 10.1. The zero-order valence-electron chi connectivity index (χ0n) is 17.4. The van der Waals surface area contributed by atoms with Gasteiger partial charge in [0.2, 0.25) is 0 Å². The fourth-order valence-electron chi connectivity index (χ4n) is 3.60. The molecule has 0 aliphatic carbocycles.